The largest absolute Gasteiger partial charge is 0.493 e. The first-order chi connectivity index (χ1) is 12.0. The number of halogens is 2. The molecule has 26 heavy (non-hydrogen) atoms. The zero-order valence-electron chi connectivity index (χ0n) is 14.8. The molecule has 0 aromatic heterocycles. The third-order valence-electron chi connectivity index (χ3n) is 3.19. The number of benzene rings is 1. The highest BCUT2D eigenvalue weighted by Crippen LogP contribution is 2.33. The van der Waals surface area contributed by atoms with E-state index in [2.05, 4.69) is 5.32 Å². The highest BCUT2D eigenvalue weighted by molar-refractivity contribution is 6.42. The minimum atomic E-state index is -1.17. The lowest BCUT2D eigenvalue weighted by Gasteiger charge is -2.22. The zero-order chi connectivity index (χ0) is 19.9. The number of amides is 1. The molecule has 0 heterocycles. The van der Waals surface area contributed by atoms with Gasteiger partial charge in [0.2, 0.25) is 0 Å². The lowest BCUT2D eigenvalue weighted by Crippen LogP contribution is -2.43. The average Bonchev–Trinajstić information content (AvgIpc) is 2.51. The Hall–Kier alpha value is -1.70. The van der Waals surface area contributed by atoms with E-state index in [0.29, 0.717) is 22.8 Å². The fourth-order valence-corrected chi connectivity index (χ4v) is 2.43. The van der Waals surface area contributed by atoms with Crippen LogP contribution in [0.2, 0.25) is 10.0 Å². The number of carbonyl (C=O) groups excluding carboxylic acids is 1. The molecule has 0 fully saturated rings. The summed E-state index contributed by atoms with van der Waals surface area (Å²) in [6.07, 6.45) is -0.305. The molecule has 3 N–H and O–H groups in total. The summed E-state index contributed by atoms with van der Waals surface area (Å²) in [6, 6.07) is 2.02. The monoisotopic (exact) mass is 407 g/mol. The number of aliphatic carboxylic acids is 1. The maximum absolute atomic E-state index is 11.7. The number of aliphatic hydroxyl groups is 1. The quantitative estimate of drug-likeness (QED) is 0.568. The van der Waals surface area contributed by atoms with Gasteiger partial charge >= 0.3 is 12.1 Å². The van der Waals surface area contributed by atoms with E-state index >= 15 is 0 Å². The highest BCUT2D eigenvalue weighted by Gasteiger charge is 2.23. The van der Waals surface area contributed by atoms with Gasteiger partial charge < -0.3 is 25.0 Å². The molecule has 0 saturated heterocycles. The molecule has 1 amide bonds. The van der Waals surface area contributed by atoms with Crippen LogP contribution in [0.3, 0.4) is 0 Å². The third-order valence-corrected chi connectivity index (χ3v) is 4.04. The van der Waals surface area contributed by atoms with Crippen molar-refractivity contribution in [3.05, 3.63) is 27.7 Å². The number of aliphatic hydroxyl groups excluding tert-OH is 1. The lowest BCUT2D eigenvalue weighted by molar-refractivity contribution is -0.139. The molecule has 9 heteroatoms. The number of carboxylic acid groups (broad SMARTS) is 1. The van der Waals surface area contributed by atoms with Crippen LogP contribution in [0.5, 0.6) is 5.75 Å². The second-order valence-corrected chi connectivity index (χ2v) is 7.31. The molecule has 0 aliphatic rings. The minimum absolute atomic E-state index is 0.143. The van der Waals surface area contributed by atoms with Gasteiger partial charge in [-0.2, -0.15) is 0 Å². The molecule has 0 bridgehead atoms. The van der Waals surface area contributed by atoms with Crippen molar-refractivity contribution in [2.24, 2.45) is 0 Å². The van der Waals surface area contributed by atoms with Crippen LogP contribution >= 0.6 is 23.2 Å². The molecule has 1 aromatic rings. The fraction of sp³-hybridized carbons (Fsp3) is 0.529. The summed E-state index contributed by atoms with van der Waals surface area (Å²) in [5.41, 5.74) is -0.356. The summed E-state index contributed by atoms with van der Waals surface area (Å²) in [5, 5.41) is 21.4. The fourth-order valence-electron chi connectivity index (χ4n) is 2.03. The smallest absolute Gasteiger partial charge is 0.408 e. The number of hydrogen-bond donors (Lipinski definition) is 3. The first-order valence-electron chi connectivity index (χ1n) is 7.98. The van der Waals surface area contributed by atoms with Gasteiger partial charge in [0.15, 0.2) is 0 Å². The molecule has 0 saturated carbocycles. The predicted octanol–water partition coefficient (Wildman–Crippen LogP) is 3.62. The van der Waals surface area contributed by atoms with Crippen molar-refractivity contribution in [2.75, 3.05) is 6.61 Å². The molecular weight excluding hydrogens is 385 g/mol. The summed E-state index contributed by atoms with van der Waals surface area (Å²) in [5.74, 6) is -0.796. The summed E-state index contributed by atoms with van der Waals surface area (Å²) >= 11 is 11.9. The van der Waals surface area contributed by atoms with E-state index in [1.165, 1.54) is 0 Å². The van der Waals surface area contributed by atoms with Gasteiger partial charge in [-0.25, -0.2) is 9.59 Å². The number of carbonyl (C=O) groups is 2. The maximum Gasteiger partial charge on any atom is 0.408 e. The number of alkyl carbamates (subject to hydrolysis) is 1. The molecule has 7 nitrogen and oxygen atoms in total. The van der Waals surface area contributed by atoms with Gasteiger partial charge in [0, 0.05) is 5.56 Å². The SMILES string of the molecule is CC(C)(C)OC(=O)NC(CCCOc1ccc(Cl)c(Cl)c1CO)C(=O)O. The Morgan fingerprint density at radius 2 is 1.92 bits per heavy atom. The Bertz CT molecular complexity index is 645. The molecule has 1 atom stereocenters. The minimum Gasteiger partial charge on any atom is -0.493 e. The van der Waals surface area contributed by atoms with Crippen molar-refractivity contribution in [2.45, 2.75) is 51.9 Å². The van der Waals surface area contributed by atoms with Crippen LogP contribution in [-0.4, -0.2) is 40.5 Å². The van der Waals surface area contributed by atoms with E-state index < -0.39 is 23.7 Å². The van der Waals surface area contributed by atoms with Crippen molar-refractivity contribution in [3.8, 4) is 5.75 Å². The molecule has 1 rings (SSSR count). The van der Waals surface area contributed by atoms with Gasteiger partial charge in [-0.05, 0) is 45.7 Å². The first-order valence-corrected chi connectivity index (χ1v) is 8.73. The summed E-state index contributed by atoms with van der Waals surface area (Å²) < 4.78 is 10.6. The highest BCUT2D eigenvalue weighted by atomic mass is 35.5. The van der Waals surface area contributed by atoms with E-state index in [-0.39, 0.29) is 24.7 Å². The van der Waals surface area contributed by atoms with Crippen LogP contribution in [0, 0.1) is 0 Å². The second-order valence-electron chi connectivity index (χ2n) is 6.52. The van der Waals surface area contributed by atoms with Gasteiger partial charge in [0.1, 0.15) is 17.4 Å². The van der Waals surface area contributed by atoms with Crippen LogP contribution in [0.15, 0.2) is 12.1 Å². The van der Waals surface area contributed by atoms with Gasteiger partial charge in [0.05, 0.1) is 23.3 Å². The maximum atomic E-state index is 11.7. The number of rotatable bonds is 8. The molecule has 1 unspecified atom stereocenters. The second kappa shape index (κ2) is 9.85. The third kappa shape index (κ3) is 7.27. The zero-order valence-corrected chi connectivity index (χ0v) is 16.4. The predicted molar refractivity (Wildman–Crippen MR) is 97.9 cm³/mol. The number of carboxylic acids is 1. The number of hydrogen-bond acceptors (Lipinski definition) is 5. The van der Waals surface area contributed by atoms with Crippen molar-refractivity contribution < 1.29 is 29.3 Å². The van der Waals surface area contributed by atoms with Crippen LogP contribution in [-0.2, 0) is 16.1 Å². The first kappa shape index (κ1) is 22.3. The Kier molecular flexibility index (Phi) is 8.46. The Morgan fingerprint density at radius 1 is 1.27 bits per heavy atom. The Balaban J connectivity index is 2.55. The van der Waals surface area contributed by atoms with Crippen LogP contribution in [0.1, 0.15) is 39.2 Å². The number of ether oxygens (including phenoxy) is 2. The molecule has 0 radical (unpaired) electrons. The van der Waals surface area contributed by atoms with Gasteiger partial charge in [-0.1, -0.05) is 23.2 Å². The number of nitrogens with one attached hydrogen (secondary N) is 1. The van der Waals surface area contributed by atoms with E-state index in [4.69, 9.17) is 32.7 Å². The van der Waals surface area contributed by atoms with E-state index in [1.54, 1.807) is 32.9 Å². The molecule has 0 aliphatic carbocycles. The topological polar surface area (TPSA) is 105 Å². The van der Waals surface area contributed by atoms with Crippen molar-refractivity contribution in [3.63, 3.8) is 0 Å². The molecule has 0 aliphatic heterocycles. The van der Waals surface area contributed by atoms with Crippen LogP contribution in [0.25, 0.3) is 0 Å². The Labute approximate surface area is 162 Å². The van der Waals surface area contributed by atoms with Crippen LogP contribution < -0.4 is 10.1 Å². The van der Waals surface area contributed by atoms with Crippen molar-refractivity contribution in [1.29, 1.82) is 0 Å². The normalized spacial score (nSPS) is 12.4. The molecule has 0 spiro atoms. The van der Waals surface area contributed by atoms with E-state index in [0.717, 1.165) is 0 Å². The summed E-state index contributed by atoms with van der Waals surface area (Å²) in [7, 11) is 0. The average molecular weight is 408 g/mol. The van der Waals surface area contributed by atoms with E-state index in [1.807, 2.05) is 0 Å². The van der Waals surface area contributed by atoms with Crippen molar-refractivity contribution >= 4 is 35.3 Å². The summed E-state index contributed by atoms with van der Waals surface area (Å²) in [6.45, 7) is 4.89. The Morgan fingerprint density at radius 3 is 2.46 bits per heavy atom. The lowest BCUT2D eigenvalue weighted by atomic mass is 10.1. The molecule has 1 aromatic carbocycles. The van der Waals surface area contributed by atoms with Gasteiger partial charge in [0.25, 0.3) is 0 Å². The van der Waals surface area contributed by atoms with E-state index in [9.17, 15) is 19.8 Å². The standard InChI is InChI=1S/C17H23Cl2NO6/c1-17(2,3)26-16(24)20-12(15(22)23)5-4-8-25-13-7-6-11(18)14(19)10(13)9-21/h6-7,12,21H,4-5,8-9H2,1-3H3,(H,20,24)(H,22,23). The van der Waals surface area contributed by atoms with Gasteiger partial charge in [-0.3, -0.25) is 0 Å². The summed E-state index contributed by atoms with van der Waals surface area (Å²) in [4.78, 5) is 23.0. The van der Waals surface area contributed by atoms with Gasteiger partial charge in [-0.15, -0.1) is 0 Å². The molecular formula is C17H23Cl2NO6. The molecule has 146 valence electrons. The van der Waals surface area contributed by atoms with Crippen LogP contribution in [0.4, 0.5) is 4.79 Å². The van der Waals surface area contributed by atoms with Crippen molar-refractivity contribution in [1.82, 2.24) is 5.32 Å².